The van der Waals surface area contributed by atoms with Crippen LogP contribution in [0.15, 0.2) is 0 Å². The topological polar surface area (TPSA) is 9.23 Å². The fourth-order valence-corrected chi connectivity index (χ4v) is 1.76. The predicted octanol–water partition coefficient (Wildman–Crippen LogP) is 1.80. The SMILES string of the molecule is [Zr][O]C1CCCCC1. The maximum atomic E-state index is 5.28. The van der Waals surface area contributed by atoms with Gasteiger partial charge in [0.15, 0.2) is 0 Å². The van der Waals surface area contributed by atoms with Crippen LogP contribution in [0.3, 0.4) is 0 Å². The zero-order chi connectivity index (χ0) is 5.82. The quantitative estimate of drug-likeness (QED) is 0.613. The molecule has 0 radical (unpaired) electrons. The molecular weight excluding hydrogens is 179 g/mol. The van der Waals surface area contributed by atoms with Crippen molar-refractivity contribution in [1.82, 2.24) is 0 Å². The first-order valence-corrected chi connectivity index (χ1v) is 4.26. The van der Waals surface area contributed by atoms with Crippen LogP contribution in [0.2, 0.25) is 0 Å². The molecule has 2 heteroatoms. The average molecular weight is 190 g/mol. The second-order valence-electron chi connectivity index (χ2n) is 2.38. The standard InChI is InChI=1S/C6H11O.Zr/c7-6-4-2-1-3-5-6;/h6H,1-5H2;/q-1;+1. The molecule has 0 saturated heterocycles. The first-order chi connectivity index (χ1) is 3.93. The molecule has 0 aromatic heterocycles. The molecule has 0 spiro atoms. The van der Waals surface area contributed by atoms with Gasteiger partial charge in [-0.1, -0.05) is 0 Å². The van der Waals surface area contributed by atoms with Gasteiger partial charge < -0.3 is 0 Å². The van der Waals surface area contributed by atoms with Gasteiger partial charge >= 0.3 is 66.2 Å². The van der Waals surface area contributed by atoms with Gasteiger partial charge in [-0.05, 0) is 0 Å². The molecule has 8 heavy (non-hydrogen) atoms. The Kier molecular flexibility index (Phi) is 3.30. The van der Waals surface area contributed by atoms with Crippen LogP contribution in [0, 0.1) is 0 Å². The molecule has 1 fully saturated rings. The van der Waals surface area contributed by atoms with Gasteiger partial charge in [-0.2, -0.15) is 0 Å². The molecule has 0 aromatic rings. The van der Waals surface area contributed by atoms with Crippen molar-refractivity contribution in [2.45, 2.75) is 38.2 Å². The third-order valence-electron chi connectivity index (χ3n) is 1.72. The third kappa shape index (κ3) is 1.99. The van der Waals surface area contributed by atoms with Crippen LogP contribution in [-0.4, -0.2) is 6.10 Å². The summed E-state index contributed by atoms with van der Waals surface area (Å²) in [7, 11) is 0. The van der Waals surface area contributed by atoms with Crippen molar-refractivity contribution in [2.24, 2.45) is 0 Å². The Labute approximate surface area is 66.3 Å². The molecule has 0 bridgehead atoms. The first kappa shape index (κ1) is 6.96. The molecule has 1 aliphatic carbocycles. The summed E-state index contributed by atoms with van der Waals surface area (Å²) in [6, 6.07) is 0. The predicted molar refractivity (Wildman–Crippen MR) is 28.0 cm³/mol. The molecule has 0 amide bonds. The molecule has 1 rings (SSSR count). The summed E-state index contributed by atoms with van der Waals surface area (Å²) in [6.07, 6.45) is 7.45. The van der Waals surface area contributed by atoms with E-state index in [4.69, 9.17) is 2.81 Å². The monoisotopic (exact) mass is 189 g/mol. The van der Waals surface area contributed by atoms with E-state index in [0.717, 1.165) is 0 Å². The van der Waals surface area contributed by atoms with Gasteiger partial charge in [-0.3, -0.25) is 0 Å². The van der Waals surface area contributed by atoms with E-state index in [9.17, 15) is 0 Å². The van der Waals surface area contributed by atoms with E-state index in [1.807, 2.05) is 0 Å². The Bertz CT molecular complexity index is 59.5. The van der Waals surface area contributed by atoms with E-state index in [-0.39, 0.29) is 0 Å². The summed E-state index contributed by atoms with van der Waals surface area (Å²) >= 11 is 1.24. The van der Waals surface area contributed by atoms with Crippen LogP contribution in [0.25, 0.3) is 0 Å². The molecule has 45 valence electrons. The summed E-state index contributed by atoms with van der Waals surface area (Å²) in [6.45, 7) is 0. The molecule has 1 aliphatic rings. The third-order valence-corrected chi connectivity index (χ3v) is 2.54. The molecule has 0 atom stereocenters. The zero-order valence-corrected chi connectivity index (χ0v) is 7.48. The second-order valence-corrected chi connectivity index (χ2v) is 2.96. The molecule has 0 aromatic carbocycles. The summed E-state index contributed by atoms with van der Waals surface area (Å²) in [5.41, 5.74) is 0. The Hall–Kier alpha value is 0.843. The van der Waals surface area contributed by atoms with Gasteiger partial charge in [0.1, 0.15) is 0 Å². The zero-order valence-electron chi connectivity index (χ0n) is 5.02. The summed E-state index contributed by atoms with van der Waals surface area (Å²) < 4.78 is 5.28. The number of hydrogen-bond acceptors (Lipinski definition) is 1. The normalized spacial score (nSPS) is 23.4. The minimum atomic E-state index is 0.627. The average Bonchev–Trinajstić information content (AvgIpc) is 1.90. The molecule has 0 heterocycles. The van der Waals surface area contributed by atoms with Gasteiger partial charge in [-0.15, -0.1) is 0 Å². The van der Waals surface area contributed by atoms with Gasteiger partial charge in [0.2, 0.25) is 0 Å². The van der Waals surface area contributed by atoms with Crippen molar-refractivity contribution >= 4 is 0 Å². The Balaban J connectivity index is 2.13. The van der Waals surface area contributed by atoms with E-state index in [1.54, 1.807) is 0 Å². The molecule has 0 aliphatic heterocycles. The van der Waals surface area contributed by atoms with Crippen molar-refractivity contribution < 1.29 is 28.0 Å². The molecule has 1 saturated carbocycles. The van der Waals surface area contributed by atoms with Crippen LogP contribution >= 0.6 is 0 Å². The van der Waals surface area contributed by atoms with Gasteiger partial charge in [-0.25, -0.2) is 0 Å². The van der Waals surface area contributed by atoms with E-state index in [2.05, 4.69) is 0 Å². The molecule has 0 N–H and O–H groups in total. The van der Waals surface area contributed by atoms with Crippen molar-refractivity contribution in [3.63, 3.8) is 0 Å². The Morgan fingerprint density at radius 3 is 2.12 bits per heavy atom. The van der Waals surface area contributed by atoms with Crippen molar-refractivity contribution in [1.29, 1.82) is 0 Å². The Morgan fingerprint density at radius 1 is 1.12 bits per heavy atom. The van der Waals surface area contributed by atoms with Crippen LogP contribution in [0.1, 0.15) is 32.1 Å². The van der Waals surface area contributed by atoms with Crippen LogP contribution in [0.4, 0.5) is 0 Å². The maximum absolute atomic E-state index is 5.28. The second kappa shape index (κ2) is 3.79. The fourth-order valence-electron chi connectivity index (χ4n) is 1.18. The van der Waals surface area contributed by atoms with E-state index >= 15 is 0 Å². The van der Waals surface area contributed by atoms with Gasteiger partial charge in [0.05, 0.1) is 0 Å². The fraction of sp³-hybridized carbons (Fsp3) is 1.00. The Morgan fingerprint density at radius 2 is 1.75 bits per heavy atom. The van der Waals surface area contributed by atoms with Gasteiger partial charge in [0, 0.05) is 0 Å². The molecule has 0 unspecified atom stereocenters. The van der Waals surface area contributed by atoms with Crippen molar-refractivity contribution in [3.8, 4) is 0 Å². The van der Waals surface area contributed by atoms with Crippen molar-refractivity contribution in [2.75, 3.05) is 0 Å². The van der Waals surface area contributed by atoms with E-state index in [0.29, 0.717) is 6.10 Å². The van der Waals surface area contributed by atoms with Crippen LogP contribution < -0.4 is 0 Å². The van der Waals surface area contributed by atoms with Crippen LogP contribution in [-0.2, 0) is 28.0 Å². The summed E-state index contributed by atoms with van der Waals surface area (Å²) in [5.74, 6) is 0. The molecule has 1 nitrogen and oxygen atoms in total. The van der Waals surface area contributed by atoms with E-state index < -0.39 is 0 Å². The summed E-state index contributed by atoms with van der Waals surface area (Å²) in [4.78, 5) is 0. The first-order valence-electron chi connectivity index (χ1n) is 3.26. The number of hydrogen-bond donors (Lipinski definition) is 0. The van der Waals surface area contributed by atoms with E-state index in [1.165, 1.54) is 57.3 Å². The summed E-state index contributed by atoms with van der Waals surface area (Å²) in [5, 5.41) is 0. The van der Waals surface area contributed by atoms with Crippen LogP contribution in [0.5, 0.6) is 0 Å². The number of rotatable bonds is 1. The van der Waals surface area contributed by atoms with Crippen molar-refractivity contribution in [3.05, 3.63) is 0 Å². The minimum absolute atomic E-state index is 0.627. The van der Waals surface area contributed by atoms with Gasteiger partial charge in [0.25, 0.3) is 0 Å². The molecular formula is C6H11OZr.